The zero-order chi connectivity index (χ0) is 28.9. The third kappa shape index (κ3) is 5.31. The first kappa shape index (κ1) is 28.0. The predicted molar refractivity (Wildman–Crippen MR) is 172 cm³/mol. The van der Waals surface area contributed by atoms with Gasteiger partial charge in [-0.1, -0.05) is 19.5 Å². The number of piperidine rings is 1. The summed E-state index contributed by atoms with van der Waals surface area (Å²) in [5.41, 5.74) is 5.85. The molecule has 11 heteroatoms. The summed E-state index contributed by atoms with van der Waals surface area (Å²) in [6.45, 7) is 11.2. The van der Waals surface area contributed by atoms with Crippen molar-refractivity contribution in [1.82, 2.24) is 24.6 Å². The van der Waals surface area contributed by atoms with E-state index in [0.717, 1.165) is 41.1 Å². The van der Waals surface area contributed by atoms with Crippen molar-refractivity contribution >= 4 is 64.6 Å². The number of nitrogens with zero attached hydrogens (tertiary/aromatic N) is 6. The third-order valence-electron chi connectivity index (χ3n) is 8.46. The van der Waals surface area contributed by atoms with Crippen molar-refractivity contribution in [2.75, 3.05) is 69.2 Å². The van der Waals surface area contributed by atoms with Crippen molar-refractivity contribution in [3.63, 3.8) is 0 Å². The van der Waals surface area contributed by atoms with Crippen LogP contribution >= 0.6 is 19.5 Å². The molecular weight excluding hydrogens is 555 g/mol. The highest BCUT2D eigenvalue weighted by molar-refractivity contribution is 7.65. The predicted octanol–water partition coefficient (Wildman–Crippen LogP) is 5.72. The molecule has 2 saturated heterocycles. The first-order valence-electron chi connectivity index (χ1n) is 14.0. The number of anilines is 5. The number of rotatable bonds is 7. The molecule has 2 N–H and O–H groups in total. The minimum atomic E-state index is -0.433. The van der Waals surface area contributed by atoms with Crippen molar-refractivity contribution in [3.05, 3.63) is 47.2 Å². The van der Waals surface area contributed by atoms with E-state index in [2.05, 4.69) is 82.1 Å². The lowest BCUT2D eigenvalue weighted by Gasteiger charge is -2.53. The normalized spacial score (nSPS) is 16.8. The van der Waals surface area contributed by atoms with Crippen molar-refractivity contribution in [2.24, 2.45) is 12.5 Å². The molecule has 0 saturated carbocycles. The number of ether oxygens (including phenoxy) is 1. The van der Waals surface area contributed by atoms with Gasteiger partial charge in [-0.05, 0) is 69.3 Å². The van der Waals surface area contributed by atoms with Gasteiger partial charge in [0.2, 0.25) is 5.95 Å². The summed E-state index contributed by atoms with van der Waals surface area (Å²) in [5.74, 6) is 1.74. The molecule has 6 rings (SSSR count). The van der Waals surface area contributed by atoms with Gasteiger partial charge in [0.05, 0.1) is 30.7 Å². The Morgan fingerprint density at radius 2 is 1.78 bits per heavy atom. The SMILES string of the molecule is COc1cc(N2CCC3(CC2)CN(C)C3)c(C)cc1Nc1ncc(Cl)c(Nc2ccc3cnn(C)c3c2P(C)C)n1. The monoisotopic (exact) mass is 592 g/mol. The molecule has 2 aliphatic rings. The molecule has 216 valence electrons. The lowest BCUT2D eigenvalue weighted by molar-refractivity contribution is 0.00130. The van der Waals surface area contributed by atoms with Gasteiger partial charge in [0, 0.05) is 61.4 Å². The fourth-order valence-corrected chi connectivity index (χ4v) is 7.93. The lowest BCUT2D eigenvalue weighted by Crippen LogP contribution is -2.58. The average Bonchev–Trinajstić information content (AvgIpc) is 3.31. The second-order valence-corrected chi connectivity index (χ2v) is 14.3. The number of likely N-dealkylation sites (tertiary alicyclic amines) is 1. The molecule has 2 aromatic heterocycles. The van der Waals surface area contributed by atoms with E-state index in [1.54, 1.807) is 13.3 Å². The topological polar surface area (TPSA) is 83.4 Å². The Hall–Kier alpha value is -3.13. The number of halogens is 1. The van der Waals surface area contributed by atoms with Crippen LogP contribution in [-0.4, -0.2) is 78.3 Å². The molecule has 41 heavy (non-hydrogen) atoms. The van der Waals surface area contributed by atoms with E-state index >= 15 is 0 Å². The van der Waals surface area contributed by atoms with Crippen molar-refractivity contribution < 1.29 is 4.74 Å². The van der Waals surface area contributed by atoms with Gasteiger partial charge in [-0.25, -0.2) is 4.98 Å². The van der Waals surface area contributed by atoms with Gasteiger partial charge >= 0.3 is 0 Å². The molecule has 4 aromatic rings. The Morgan fingerprint density at radius 3 is 2.46 bits per heavy atom. The number of benzene rings is 2. The molecule has 0 amide bonds. The van der Waals surface area contributed by atoms with Crippen LogP contribution in [-0.2, 0) is 7.05 Å². The van der Waals surface area contributed by atoms with Crippen LogP contribution in [0.3, 0.4) is 0 Å². The van der Waals surface area contributed by atoms with Gasteiger partial charge in [0.1, 0.15) is 10.8 Å². The minimum absolute atomic E-state index is 0.433. The van der Waals surface area contributed by atoms with E-state index in [1.807, 2.05) is 17.9 Å². The maximum atomic E-state index is 6.58. The fraction of sp³-hybridized carbons (Fsp3) is 0.433. The van der Waals surface area contributed by atoms with E-state index in [0.29, 0.717) is 22.2 Å². The number of aromatic nitrogens is 4. The molecule has 0 atom stereocenters. The summed E-state index contributed by atoms with van der Waals surface area (Å²) in [6, 6.07) is 8.40. The number of methoxy groups -OCH3 is 1. The van der Waals surface area contributed by atoms with E-state index in [-0.39, 0.29) is 0 Å². The standard InChI is InChI=1S/C30H38ClN8OP/c1-19-13-23(25(40-4)14-24(19)39-11-9-30(10-12-39)17-37(2)18-30)35-29-32-16-21(31)28(36-29)34-22-8-7-20-15-33-38(3)26(20)27(22)41(5)6/h7-8,13-16H,9-12,17-18H2,1-6H3,(H2,32,34,35,36). The van der Waals surface area contributed by atoms with E-state index < -0.39 is 7.92 Å². The van der Waals surface area contributed by atoms with Crippen molar-refractivity contribution in [1.29, 1.82) is 0 Å². The molecule has 4 heterocycles. The summed E-state index contributed by atoms with van der Waals surface area (Å²) >= 11 is 6.58. The Balaban J connectivity index is 1.24. The quantitative estimate of drug-likeness (QED) is 0.264. The second-order valence-electron chi connectivity index (χ2n) is 11.7. The van der Waals surface area contributed by atoms with Crippen LogP contribution in [0.2, 0.25) is 5.02 Å². The summed E-state index contributed by atoms with van der Waals surface area (Å²) < 4.78 is 7.76. The maximum absolute atomic E-state index is 6.58. The highest BCUT2D eigenvalue weighted by atomic mass is 35.5. The summed E-state index contributed by atoms with van der Waals surface area (Å²) in [5, 5.41) is 14.1. The van der Waals surface area contributed by atoms with Crippen LogP contribution in [0.5, 0.6) is 5.75 Å². The molecular formula is C30H38ClN8OP. The second kappa shape index (κ2) is 10.9. The van der Waals surface area contributed by atoms with E-state index in [4.69, 9.17) is 21.3 Å². The van der Waals surface area contributed by atoms with Gasteiger partial charge in [0.15, 0.2) is 5.82 Å². The molecule has 2 aliphatic heterocycles. The lowest BCUT2D eigenvalue weighted by atomic mass is 9.72. The number of hydrogen-bond acceptors (Lipinski definition) is 8. The minimum Gasteiger partial charge on any atom is -0.494 e. The molecule has 1 spiro atoms. The fourth-order valence-electron chi connectivity index (χ4n) is 6.48. The Labute approximate surface area is 248 Å². The number of aryl methyl sites for hydroxylation is 2. The van der Waals surface area contributed by atoms with E-state index in [1.165, 1.54) is 42.5 Å². The molecule has 0 bridgehead atoms. The first-order chi connectivity index (χ1) is 19.7. The van der Waals surface area contributed by atoms with Gasteiger partial charge in [-0.15, -0.1) is 0 Å². The zero-order valence-corrected chi connectivity index (χ0v) is 26.3. The molecule has 9 nitrogen and oxygen atoms in total. The summed E-state index contributed by atoms with van der Waals surface area (Å²) in [4.78, 5) is 14.2. The third-order valence-corrected chi connectivity index (χ3v) is 10.1. The average molecular weight is 593 g/mol. The first-order valence-corrected chi connectivity index (χ1v) is 16.6. The smallest absolute Gasteiger partial charge is 0.229 e. The number of fused-ring (bicyclic) bond motifs is 1. The van der Waals surface area contributed by atoms with Gasteiger partial charge in [0.25, 0.3) is 0 Å². The Kier molecular flexibility index (Phi) is 7.47. The molecule has 2 aromatic carbocycles. The van der Waals surface area contributed by atoms with Gasteiger partial charge in [-0.2, -0.15) is 10.1 Å². The largest absolute Gasteiger partial charge is 0.494 e. The van der Waals surface area contributed by atoms with Crippen LogP contribution in [0.4, 0.5) is 28.8 Å². The summed E-state index contributed by atoms with van der Waals surface area (Å²) in [6.07, 6.45) is 6.00. The summed E-state index contributed by atoms with van der Waals surface area (Å²) in [7, 11) is 5.46. The zero-order valence-electron chi connectivity index (χ0n) is 24.6. The molecule has 0 radical (unpaired) electrons. The van der Waals surface area contributed by atoms with E-state index in [9.17, 15) is 0 Å². The Bertz CT molecular complexity index is 1590. The Morgan fingerprint density at radius 1 is 1.02 bits per heavy atom. The van der Waals surface area contributed by atoms with Gasteiger partial charge in [-0.3, -0.25) is 4.68 Å². The van der Waals surface area contributed by atoms with Crippen LogP contribution in [0, 0.1) is 12.3 Å². The van der Waals surface area contributed by atoms with Crippen LogP contribution in [0.25, 0.3) is 10.9 Å². The van der Waals surface area contributed by atoms with Crippen LogP contribution in [0.1, 0.15) is 18.4 Å². The number of hydrogen-bond donors (Lipinski definition) is 2. The molecule has 0 unspecified atom stereocenters. The van der Waals surface area contributed by atoms with Gasteiger partial charge < -0.3 is 25.2 Å². The van der Waals surface area contributed by atoms with Crippen LogP contribution < -0.4 is 25.6 Å². The molecule has 2 fully saturated rings. The van der Waals surface area contributed by atoms with Crippen LogP contribution in [0.15, 0.2) is 36.7 Å². The highest BCUT2D eigenvalue weighted by Gasteiger charge is 2.43. The molecule has 0 aliphatic carbocycles. The van der Waals surface area contributed by atoms with Crippen molar-refractivity contribution in [3.8, 4) is 5.75 Å². The maximum Gasteiger partial charge on any atom is 0.229 e. The highest BCUT2D eigenvalue weighted by Crippen LogP contribution is 2.43. The van der Waals surface area contributed by atoms with Crippen molar-refractivity contribution in [2.45, 2.75) is 19.8 Å². The number of nitrogens with one attached hydrogen (secondary N) is 2.